The molecule has 0 radical (unpaired) electrons. The second kappa shape index (κ2) is 5.32. The van der Waals surface area contributed by atoms with Gasteiger partial charge >= 0.3 is 11.9 Å². The Hall–Kier alpha value is -1.76. The third kappa shape index (κ3) is 3.04. The number of rotatable bonds is 4. The SMILES string of the molecule is CCn1c(=O)oc2cc(C(O)CCC(F)(F)F)ccc21. The van der Waals surface area contributed by atoms with E-state index in [9.17, 15) is 23.1 Å². The summed E-state index contributed by atoms with van der Waals surface area (Å²) in [6.45, 7) is 2.21. The van der Waals surface area contributed by atoms with Crippen molar-refractivity contribution < 1.29 is 22.7 Å². The quantitative estimate of drug-likeness (QED) is 0.941. The van der Waals surface area contributed by atoms with Crippen molar-refractivity contribution in [2.24, 2.45) is 0 Å². The lowest BCUT2D eigenvalue weighted by Crippen LogP contribution is -2.12. The van der Waals surface area contributed by atoms with E-state index >= 15 is 0 Å². The number of alkyl halides is 3. The highest BCUT2D eigenvalue weighted by atomic mass is 19.4. The van der Waals surface area contributed by atoms with Crippen molar-refractivity contribution >= 4 is 11.1 Å². The molecule has 2 rings (SSSR count). The molecular formula is C13H14F3NO3. The third-order valence-electron chi connectivity index (χ3n) is 3.09. The summed E-state index contributed by atoms with van der Waals surface area (Å²) in [5.41, 5.74) is 1.13. The average Bonchev–Trinajstić information content (AvgIpc) is 2.69. The van der Waals surface area contributed by atoms with E-state index in [0.717, 1.165) is 0 Å². The minimum Gasteiger partial charge on any atom is -0.408 e. The number of benzene rings is 1. The molecule has 4 nitrogen and oxygen atoms in total. The fourth-order valence-corrected chi connectivity index (χ4v) is 2.06. The van der Waals surface area contributed by atoms with Gasteiger partial charge in [-0.1, -0.05) is 6.07 Å². The van der Waals surface area contributed by atoms with Crippen LogP contribution in [0.2, 0.25) is 0 Å². The normalized spacial score (nSPS) is 13.8. The van der Waals surface area contributed by atoms with Crippen LogP contribution in [0.1, 0.15) is 31.4 Å². The maximum atomic E-state index is 12.1. The van der Waals surface area contributed by atoms with Gasteiger partial charge in [0.05, 0.1) is 11.6 Å². The number of nitrogens with zero attached hydrogens (tertiary/aromatic N) is 1. The van der Waals surface area contributed by atoms with E-state index in [4.69, 9.17) is 4.42 Å². The van der Waals surface area contributed by atoms with Crippen LogP contribution in [-0.4, -0.2) is 15.8 Å². The first-order chi connectivity index (χ1) is 9.31. The number of hydrogen-bond acceptors (Lipinski definition) is 3. The van der Waals surface area contributed by atoms with Gasteiger partial charge in [-0.25, -0.2) is 4.79 Å². The predicted molar refractivity (Wildman–Crippen MR) is 66.4 cm³/mol. The highest BCUT2D eigenvalue weighted by Gasteiger charge is 2.28. The number of fused-ring (bicyclic) bond motifs is 1. The first-order valence-corrected chi connectivity index (χ1v) is 6.20. The fraction of sp³-hybridized carbons (Fsp3) is 0.462. The second-order valence-corrected chi connectivity index (χ2v) is 4.51. The molecule has 1 atom stereocenters. The number of hydrogen-bond donors (Lipinski definition) is 1. The van der Waals surface area contributed by atoms with Crippen molar-refractivity contribution in [3.8, 4) is 0 Å². The van der Waals surface area contributed by atoms with Crippen LogP contribution in [0, 0.1) is 0 Å². The topological polar surface area (TPSA) is 55.4 Å². The lowest BCUT2D eigenvalue weighted by Gasteiger charge is -2.12. The van der Waals surface area contributed by atoms with E-state index in [-0.39, 0.29) is 5.58 Å². The van der Waals surface area contributed by atoms with Crippen molar-refractivity contribution in [3.63, 3.8) is 0 Å². The molecule has 1 N–H and O–H groups in total. The minimum atomic E-state index is -4.30. The Kier molecular flexibility index (Phi) is 3.89. The van der Waals surface area contributed by atoms with Crippen LogP contribution >= 0.6 is 0 Å². The van der Waals surface area contributed by atoms with Crippen LogP contribution < -0.4 is 5.76 Å². The highest BCUT2D eigenvalue weighted by molar-refractivity contribution is 5.73. The molecule has 0 aliphatic heterocycles. The second-order valence-electron chi connectivity index (χ2n) is 4.51. The summed E-state index contributed by atoms with van der Waals surface area (Å²) in [4.78, 5) is 11.5. The highest BCUT2D eigenvalue weighted by Crippen LogP contribution is 2.28. The van der Waals surface area contributed by atoms with Crippen LogP contribution in [0.4, 0.5) is 13.2 Å². The summed E-state index contributed by atoms with van der Waals surface area (Å²) in [6, 6.07) is 4.48. The van der Waals surface area contributed by atoms with Crippen LogP contribution in [0.15, 0.2) is 27.4 Å². The zero-order valence-electron chi connectivity index (χ0n) is 10.8. The van der Waals surface area contributed by atoms with Crippen molar-refractivity contribution in [3.05, 3.63) is 34.3 Å². The van der Waals surface area contributed by atoms with Crippen LogP contribution in [-0.2, 0) is 6.54 Å². The molecule has 20 heavy (non-hydrogen) atoms. The van der Waals surface area contributed by atoms with Crippen molar-refractivity contribution in [1.82, 2.24) is 4.57 Å². The molecule has 1 heterocycles. The van der Waals surface area contributed by atoms with Gasteiger partial charge in [0, 0.05) is 13.0 Å². The Bertz CT molecular complexity index is 657. The minimum absolute atomic E-state index is 0.264. The molecule has 110 valence electrons. The summed E-state index contributed by atoms with van der Waals surface area (Å²) in [6.07, 6.45) is -7.03. The first kappa shape index (κ1) is 14.6. The number of aliphatic hydroxyl groups is 1. The summed E-state index contributed by atoms with van der Waals surface area (Å²) in [5, 5.41) is 9.75. The van der Waals surface area contributed by atoms with Gasteiger partial charge in [-0.05, 0) is 31.0 Å². The summed E-state index contributed by atoms with van der Waals surface area (Å²) < 4.78 is 42.7. The van der Waals surface area contributed by atoms with Gasteiger partial charge in [0.2, 0.25) is 0 Å². The van der Waals surface area contributed by atoms with E-state index < -0.39 is 30.9 Å². The molecule has 0 saturated heterocycles. The fourth-order valence-electron chi connectivity index (χ4n) is 2.06. The number of oxazole rings is 1. The lowest BCUT2D eigenvalue weighted by molar-refractivity contribution is -0.140. The standard InChI is InChI=1S/C13H14F3NO3/c1-2-17-9-4-3-8(7-11(9)20-12(17)19)10(18)5-6-13(14,15)16/h3-4,7,10,18H,2,5-6H2,1H3. The van der Waals surface area contributed by atoms with Crippen molar-refractivity contribution in [2.45, 2.75) is 38.6 Å². The summed E-state index contributed by atoms with van der Waals surface area (Å²) >= 11 is 0. The van der Waals surface area contributed by atoms with Gasteiger partial charge in [0.25, 0.3) is 0 Å². The Labute approximate surface area is 112 Å². The summed E-state index contributed by atoms with van der Waals surface area (Å²) in [5.74, 6) is -0.524. The molecule has 0 aliphatic carbocycles. The van der Waals surface area contributed by atoms with E-state index in [0.29, 0.717) is 17.6 Å². The third-order valence-corrected chi connectivity index (χ3v) is 3.09. The molecule has 0 aliphatic rings. The van der Waals surface area contributed by atoms with Gasteiger partial charge in [-0.15, -0.1) is 0 Å². The van der Waals surface area contributed by atoms with Crippen LogP contribution in [0.5, 0.6) is 0 Å². The lowest BCUT2D eigenvalue weighted by atomic mass is 10.0. The van der Waals surface area contributed by atoms with Crippen LogP contribution in [0.25, 0.3) is 11.1 Å². The number of aliphatic hydroxyl groups excluding tert-OH is 1. The Morgan fingerprint density at radius 3 is 2.70 bits per heavy atom. The largest absolute Gasteiger partial charge is 0.419 e. The Balaban J connectivity index is 2.26. The van der Waals surface area contributed by atoms with Gasteiger partial charge in [0.15, 0.2) is 5.58 Å². The number of aryl methyl sites for hydroxylation is 1. The molecule has 0 fully saturated rings. The zero-order valence-corrected chi connectivity index (χ0v) is 10.8. The monoisotopic (exact) mass is 289 g/mol. The molecular weight excluding hydrogens is 275 g/mol. The van der Waals surface area contributed by atoms with Gasteiger partial charge in [-0.3, -0.25) is 4.57 Å². The van der Waals surface area contributed by atoms with E-state index in [2.05, 4.69) is 0 Å². The van der Waals surface area contributed by atoms with Gasteiger partial charge in [0.1, 0.15) is 0 Å². The maximum Gasteiger partial charge on any atom is 0.419 e. The smallest absolute Gasteiger partial charge is 0.408 e. The molecule has 7 heteroatoms. The van der Waals surface area contributed by atoms with E-state index in [1.807, 2.05) is 0 Å². The van der Waals surface area contributed by atoms with Gasteiger partial charge in [-0.2, -0.15) is 13.2 Å². The molecule has 0 saturated carbocycles. The maximum absolute atomic E-state index is 12.1. The molecule has 0 spiro atoms. The molecule has 0 amide bonds. The number of aromatic nitrogens is 1. The van der Waals surface area contributed by atoms with Crippen molar-refractivity contribution in [1.29, 1.82) is 0 Å². The Morgan fingerprint density at radius 2 is 2.10 bits per heavy atom. The number of halogens is 3. The average molecular weight is 289 g/mol. The van der Waals surface area contributed by atoms with Crippen molar-refractivity contribution in [2.75, 3.05) is 0 Å². The summed E-state index contributed by atoms with van der Waals surface area (Å²) in [7, 11) is 0. The first-order valence-electron chi connectivity index (χ1n) is 6.20. The predicted octanol–water partition coefficient (Wildman–Crippen LogP) is 2.99. The molecule has 1 unspecified atom stereocenters. The molecule has 1 aromatic carbocycles. The van der Waals surface area contributed by atoms with Gasteiger partial charge < -0.3 is 9.52 Å². The zero-order chi connectivity index (χ0) is 14.9. The Morgan fingerprint density at radius 1 is 1.40 bits per heavy atom. The van der Waals surface area contributed by atoms with E-state index in [1.165, 1.54) is 16.7 Å². The van der Waals surface area contributed by atoms with Crippen LogP contribution in [0.3, 0.4) is 0 Å². The molecule has 2 aromatic rings. The molecule has 0 bridgehead atoms. The molecule has 1 aromatic heterocycles. The van der Waals surface area contributed by atoms with E-state index in [1.54, 1.807) is 13.0 Å².